The van der Waals surface area contributed by atoms with Crippen LogP contribution < -0.4 is 5.32 Å². The minimum Gasteiger partial charge on any atom is -0.351 e. The lowest BCUT2D eigenvalue weighted by molar-refractivity contribution is -0.385. The first-order valence-electron chi connectivity index (χ1n) is 5.82. The fourth-order valence-corrected chi connectivity index (χ4v) is 2.36. The Hall–Kier alpha value is -1.14. The van der Waals surface area contributed by atoms with Crippen LogP contribution in [0.2, 0.25) is 5.02 Å². The number of amides is 1. The highest BCUT2D eigenvalue weighted by atomic mass is 79.9. The molecule has 1 aromatic carbocycles. The van der Waals surface area contributed by atoms with E-state index >= 15 is 0 Å². The topological polar surface area (TPSA) is 72.2 Å². The van der Waals surface area contributed by atoms with Crippen LogP contribution in [-0.2, 0) is 0 Å². The first-order valence-corrected chi connectivity index (χ1v) is 7.11. The van der Waals surface area contributed by atoms with Gasteiger partial charge in [-0.3, -0.25) is 14.9 Å². The van der Waals surface area contributed by atoms with Crippen molar-refractivity contribution in [3.05, 3.63) is 38.9 Å². The number of nitro benzene ring substituents is 1. The van der Waals surface area contributed by atoms with Crippen molar-refractivity contribution >= 4 is 39.1 Å². The van der Waals surface area contributed by atoms with Gasteiger partial charge in [-0.15, -0.1) is 0 Å². The van der Waals surface area contributed by atoms with Crippen LogP contribution in [0.25, 0.3) is 0 Å². The van der Waals surface area contributed by atoms with Gasteiger partial charge in [0, 0.05) is 22.5 Å². The largest absolute Gasteiger partial charge is 0.351 e. The quantitative estimate of drug-likeness (QED) is 0.485. The van der Waals surface area contributed by atoms with Gasteiger partial charge in [-0.05, 0) is 18.6 Å². The maximum Gasteiger partial charge on any atom is 0.282 e. The molecule has 0 heterocycles. The Balaban J connectivity index is 2.81. The second kappa shape index (κ2) is 7.45. The molecule has 0 bridgehead atoms. The van der Waals surface area contributed by atoms with Crippen molar-refractivity contribution in [1.29, 1.82) is 0 Å². The predicted octanol–water partition coefficient (Wildman–Crippen LogP) is 3.54. The molecular weight excluding hydrogens is 336 g/mol. The number of carbonyl (C=O) groups excluding carboxylic acids is 1. The van der Waals surface area contributed by atoms with Gasteiger partial charge in [0.05, 0.1) is 4.92 Å². The summed E-state index contributed by atoms with van der Waals surface area (Å²) < 4.78 is 0. The van der Waals surface area contributed by atoms with Crippen LogP contribution in [0.3, 0.4) is 0 Å². The van der Waals surface area contributed by atoms with E-state index in [1.807, 2.05) is 6.92 Å². The number of nitro groups is 1. The van der Waals surface area contributed by atoms with Crippen LogP contribution >= 0.6 is 27.5 Å². The molecule has 1 atom stereocenters. The summed E-state index contributed by atoms with van der Waals surface area (Å²) in [7, 11) is 0. The molecule has 1 unspecified atom stereocenters. The molecule has 5 nitrogen and oxygen atoms in total. The van der Waals surface area contributed by atoms with Gasteiger partial charge in [0.2, 0.25) is 0 Å². The van der Waals surface area contributed by atoms with Crippen LogP contribution in [0.15, 0.2) is 18.2 Å². The Morgan fingerprint density at radius 3 is 2.84 bits per heavy atom. The molecular formula is C12H14BrClN2O3. The lowest BCUT2D eigenvalue weighted by atomic mass is 10.1. The van der Waals surface area contributed by atoms with E-state index in [9.17, 15) is 14.9 Å². The Labute approximate surface area is 124 Å². The average molecular weight is 350 g/mol. The summed E-state index contributed by atoms with van der Waals surface area (Å²) in [5.41, 5.74) is -0.266. The van der Waals surface area contributed by atoms with Crippen molar-refractivity contribution in [3.8, 4) is 0 Å². The maximum atomic E-state index is 11.9. The van der Waals surface area contributed by atoms with Crippen LogP contribution in [-0.4, -0.2) is 22.2 Å². The predicted molar refractivity (Wildman–Crippen MR) is 78.1 cm³/mol. The lowest BCUT2D eigenvalue weighted by Gasteiger charge is -2.10. The van der Waals surface area contributed by atoms with Gasteiger partial charge in [-0.1, -0.05) is 40.9 Å². The molecule has 1 aromatic rings. The van der Waals surface area contributed by atoms with Crippen molar-refractivity contribution < 1.29 is 9.72 Å². The van der Waals surface area contributed by atoms with Gasteiger partial charge in [0.1, 0.15) is 5.56 Å². The zero-order chi connectivity index (χ0) is 14.4. The molecule has 0 radical (unpaired) electrons. The number of nitrogens with zero attached hydrogens (tertiary/aromatic N) is 1. The Kier molecular flexibility index (Phi) is 6.24. The van der Waals surface area contributed by atoms with E-state index in [-0.39, 0.29) is 16.1 Å². The molecule has 1 amide bonds. The second-order valence-electron chi connectivity index (χ2n) is 4.01. The van der Waals surface area contributed by atoms with E-state index in [4.69, 9.17) is 11.6 Å². The minimum atomic E-state index is -0.594. The van der Waals surface area contributed by atoms with Gasteiger partial charge < -0.3 is 5.32 Å². The number of carbonyl (C=O) groups is 1. The van der Waals surface area contributed by atoms with Gasteiger partial charge >= 0.3 is 0 Å². The van der Waals surface area contributed by atoms with E-state index < -0.39 is 10.8 Å². The molecule has 1 rings (SSSR count). The normalized spacial score (nSPS) is 11.9. The summed E-state index contributed by atoms with van der Waals surface area (Å²) in [5.74, 6) is -0.491. The van der Waals surface area contributed by atoms with Crippen molar-refractivity contribution in [2.45, 2.75) is 24.6 Å². The molecule has 7 heteroatoms. The first-order chi connectivity index (χ1) is 8.95. The third-order valence-electron chi connectivity index (χ3n) is 2.49. The zero-order valence-electron chi connectivity index (χ0n) is 10.4. The minimum absolute atomic E-state index is 0.0197. The monoisotopic (exact) mass is 348 g/mol. The fraction of sp³-hybridized carbons (Fsp3) is 0.417. The third-order valence-corrected chi connectivity index (χ3v) is 3.50. The smallest absolute Gasteiger partial charge is 0.282 e. The highest BCUT2D eigenvalue weighted by molar-refractivity contribution is 9.09. The van der Waals surface area contributed by atoms with E-state index in [1.165, 1.54) is 18.2 Å². The van der Waals surface area contributed by atoms with Crippen molar-refractivity contribution in [2.75, 3.05) is 6.54 Å². The molecule has 0 aromatic heterocycles. The Morgan fingerprint density at radius 1 is 1.58 bits per heavy atom. The van der Waals surface area contributed by atoms with E-state index in [0.29, 0.717) is 11.6 Å². The van der Waals surface area contributed by atoms with Crippen LogP contribution in [0.5, 0.6) is 0 Å². The molecule has 19 heavy (non-hydrogen) atoms. The summed E-state index contributed by atoms with van der Waals surface area (Å²) in [5, 5.41) is 13.8. The molecule has 0 aliphatic heterocycles. The Morgan fingerprint density at radius 2 is 2.26 bits per heavy atom. The molecule has 0 aliphatic carbocycles. The van der Waals surface area contributed by atoms with Crippen molar-refractivity contribution in [3.63, 3.8) is 0 Å². The van der Waals surface area contributed by atoms with E-state index in [2.05, 4.69) is 21.2 Å². The van der Waals surface area contributed by atoms with Gasteiger partial charge in [-0.25, -0.2) is 0 Å². The average Bonchev–Trinajstić information content (AvgIpc) is 2.35. The first kappa shape index (κ1) is 15.9. The Bertz CT molecular complexity index is 482. The maximum absolute atomic E-state index is 11.9. The number of benzene rings is 1. The summed E-state index contributed by atoms with van der Waals surface area (Å²) >= 11 is 9.19. The van der Waals surface area contributed by atoms with Gasteiger partial charge in [0.15, 0.2) is 0 Å². The number of rotatable bonds is 6. The molecule has 0 fully saturated rings. The SMILES string of the molecule is CCCC(Br)CNC(=O)c1cc(Cl)ccc1[N+](=O)[O-]. The number of hydrogen-bond acceptors (Lipinski definition) is 3. The molecule has 0 saturated heterocycles. The summed E-state index contributed by atoms with van der Waals surface area (Å²) in [6.07, 6.45) is 1.90. The standard InChI is InChI=1S/C12H14BrClN2O3/c1-2-3-8(13)7-15-12(17)10-6-9(14)4-5-11(10)16(18)19/h4-6,8H,2-3,7H2,1H3,(H,15,17). The van der Waals surface area contributed by atoms with Gasteiger partial charge in [-0.2, -0.15) is 0 Å². The summed E-state index contributed by atoms with van der Waals surface area (Å²) in [6, 6.07) is 3.92. The number of halogens is 2. The molecule has 1 N–H and O–H groups in total. The van der Waals surface area contributed by atoms with Crippen LogP contribution in [0.4, 0.5) is 5.69 Å². The van der Waals surface area contributed by atoms with E-state index in [0.717, 1.165) is 12.8 Å². The summed E-state index contributed by atoms with van der Waals surface area (Å²) in [4.78, 5) is 22.3. The van der Waals surface area contributed by atoms with Crippen molar-refractivity contribution in [2.24, 2.45) is 0 Å². The van der Waals surface area contributed by atoms with E-state index in [1.54, 1.807) is 0 Å². The highest BCUT2D eigenvalue weighted by Gasteiger charge is 2.20. The number of nitrogens with one attached hydrogen (secondary N) is 1. The molecule has 0 aliphatic rings. The highest BCUT2D eigenvalue weighted by Crippen LogP contribution is 2.22. The number of hydrogen-bond donors (Lipinski definition) is 1. The second-order valence-corrected chi connectivity index (χ2v) is 5.75. The van der Waals surface area contributed by atoms with Gasteiger partial charge in [0.25, 0.3) is 11.6 Å². The van der Waals surface area contributed by atoms with Crippen molar-refractivity contribution in [1.82, 2.24) is 5.32 Å². The third kappa shape index (κ3) is 4.80. The summed E-state index contributed by atoms with van der Waals surface area (Å²) in [6.45, 7) is 2.45. The fourth-order valence-electron chi connectivity index (χ4n) is 1.56. The lowest BCUT2D eigenvalue weighted by Crippen LogP contribution is -2.30. The molecule has 104 valence electrons. The molecule has 0 saturated carbocycles. The van der Waals surface area contributed by atoms with Crippen LogP contribution in [0.1, 0.15) is 30.1 Å². The molecule has 0 spiro atoms. The number of alkyl halides is 1. The van der Waals surface area contributed by atoms with Crippen LogP contribution in [0, 0.1) is 10.1 Å². The zero-order valence-corrected chi connectivity index (χ0v) is 12.7.